The fraction of sp³-hybridized carbons (Fsp3) is 1.00. The zero-order valence-electron chi connectivity index (χ0n) is 12.1. The molecular weight excluding hydrogens is 212 g/mol. The lowest BCUT2D eigenvalue weighted by atomic mass is 9.71. The van der Waals surface area contributed by atoms with E-state index in [1.807, 2.05) is 14.2 Å². The summed E-state index contributed by atoms with van der Waals surface area (Å²) in [6.45, 7) is 6.33. The highest BCUT2D eigenvalue weighted by molar-refractivity contribution is 4.89. The normalized spacial score (nSPS) is 18.2. The van der Waals surface area contributed by atoms with Gasteiger partial charge in [-0.25, -0.2) is 0 Å². The Kier molecular flexibility index (Phi) is 6.50. The van der Waals surface area contributed by atoms with Crippen LogP contribution in [0.2, 0.25) is 0 Å². The number of hydrogen-bond donors (Lipinski definition) is 0. The smallest absolute Gasteiger partial charge is 0.0543 e. The molecule has 0 aromatic heterocycles. The molecule has 0 heterocycles. The third kappa shape index (κ3) is 4.26. The van der Waals surface area contributed by atoms with E-state index in [9.17, 15) is 0 Å². The van der Waals surface area contributed by atoms with E-state index in [1.165, 1.54) is 38.5 Å². The van der Waals surface area contributed by atoms with Crippen molar-refractivity contribution in [3.8, 4) is 0 Å². The summed E-state index contributed by atoms with van der Waals surface area (Å²) in [7, 11) is 3.66. The van der Waals surface area contributed by atoms with Gasteiger partial charge in [0.15, 0.2) is 0 Å². The Morgan fingerprint density at radius 3 is 2.00 bits per heavy atom. The van der Waals surface area contributed by atoms with Crippen LogP contribution in [0.5, 0.6) is 0 Å². The zero-order valence-corrected chi connectivity index (χ0v) is 12.1. The second kappa shape index (κ2) is 7.38. The summed E-state index contributed by atoms with van der Waals surface area (Å²) >= 11 is 0. The Morgan fingerprint density at radius 1 is 1.06 bits per heavy atom. The number of ether oxygens (including phenoxy) is 2. The molecule has 0 aromatic carbocycles. The van der Waals surface area contributed by atoms with Crippen LogP contribution < -0.4 is 0 Å². The molecule has 0 atom stereocenters. The minimum Gasteiger partial charge on any atom is -0.384 e. The van der Waals surface area contributed by atoms with Crippen molar-refractivity contribution >= 4 is 0 Å². The third-order valence-electron chi connectivity index (χ3n) is 4.30. The molecular formula is C15H30O2. The van der Waals surface area contributed by atoms with E-state index < -0.39 is 0 Å². The number of methoxy groups -OCH3 is 2. The van der Waals surface area contributed by atoms with Crippen molar-refractivity contribution in [2.24, 2.45) is 17.3 Å². The van der Waals surface area contributed by atoms with Crippen molar-refractivity contribution in [2.75, 3.05) is 27.4 Å². The molecule has 0 N–H and O–H groups in total. The van der Waals surface area contributed by atoms with E-state index in [0.29, 0.717) is 0 Å². The lowest BCUT2D eigenvalue weighted by molar-refractivity contribution is -0.0372. The van der Waals surface area contributed by atoms with Gasteiger partial charge in [0, 0.05) is 19.6 Å². The monoisotopic (exact) mass is 242 g/mol. The molecule has 2 nitrogen and oxygen atoms in total. The third-order valence-corrected chi connectivity index (χ3v) is 4.30. The van der Waals surface area contributed by atoms with Crippen LogP contribution >= 0.6 is 0 Å². The van der Waals surface area contributed by atoms with Gasteiger partial charge in [0.1, 0.15) is 0 Å². The highest BCUT2D eigenvalue weighted by Crippen LogP contribution is 2.44. The summed E-state index contributed by atoms with van der Waals surface area (Å²) in [5, 5.41) is 0. The average molecular weight is 242 g/mol. The van der Waals surface area contributed by atoms with Gasteiger partial charge in [0.05, 0.1) is 13.2 Å². The highest BCUT2D eigenvalue weighted by Gasteiger charge is 2.40. The van der Waals surface area contributed by atoms with Crippen molar-refractivity contribution < 1.29 is 9.47 Å². The van der Waals surface area contributed by atoms with Crippen LogP contribution in [0.25, 0.3) is 0 Å². The van der Waals surface area contributed by atoms with Gasteiger partial charge in [-0.15, -0.1) is 0 Å². The van der Waals surface area contributed by atoms with E-state index >= 15 is 0 Å². The van der Waals surface area contributed by atoms with Gasteiger partial charge in [0.2, 0.25) is 0 Å². The van der Waals surface area contributed by atoms with Gasteiger partial charge >= 0.3 is 0 Å². The first-order valence-electron chi connectivity index (χ1n) is 7.12. The van der Waals surface area contributed by atoms with Crippen molar-refractivity contribution in [2.45, 2.75) is 52.4 Å². The maximum atomic E-state index is 5.52. The molecule has 0 aromatic rings. The van der Waals surface area contributed by atoms with Crippen molar-refractivity contribution in [1.29, 1.82) is 0 Å². The fourth-order valence-electron chi connectivity index (χ4n) is 3.32. The second-order valence-corrected chi connectivity index (χ2v) is 6.14. The molecule has 0 aliphatic heterocycles. The first-order chi connectivity index (χ1) is 8.14. The molecule has 1 rings (SSSR count). The summed E-state index contributed by atoms with van der Waals surface area (Å²) in [6, 6.07) is 0. The summed E-state index contributed by atoms with van der Waals surface area (Å²) in [6.07, 6.45) is 8.04. The zero-order chi connectivity index (χ0) is 12.7. The Morgan fingerprint density at radius 2 is 1.59 bits per heavy atom. The number of rotatable bonds is 8. The van der Waals surface area contributed by atoms with Crippen molar-refractivity contribution in [3.05, 3.63) is 0 Å². The largest absolute Gasteiger partial charge is 0.384 e. The molecule has 0 amide bonds. The average Bonchev–Trinajstić information content (AvgIpc) is 2.80. The van der Waals surface area contributed by atoms with Gasteiger partial charge in [-0.05, 0) is 31.1 Å². The molecule has 0 spiro atoms. The van der Waals surface area contributed by atoms with Gasteiger partial charge in [0.25, 0.3) is 0 Å². The minimum absolute atomic E-state index is 0.268. The van der Waals surface area contributed by atoms with Gasteiger partial charge in [-0.2, -0.15) is 0 Å². The predicted octanol–water partition coefficient (Wildman–Crippen LogP) is 3.89. The Bertz CT molecular complexity index is 189. The molecule has 0 bridgehead atoms. The molecule has 2 heteroatoms. The summed E-state index contributed by atoms with van der Waals surface area (Å²) in [5.41, 5.74) is 0.268. The van der Waals surface area contributed by atoms with Gasteiger partial charge < -0.3 is 9.47 Å². The highest BCUT2D eigenvalue weighted by atomic mass is 16.5. The molecule has 0 unspecified atom stereocenters. The van der Waals surface area contributed by atoms with E-state index in [-0.39, 0.29) is 5.41 Å². The molecule has 102 valence electrons. The van der Waals surface area contributed by atoms with Crippen LogP contribution in [-0.2, 0) is 9.47 Å². The molecule has 1 aliphatic rings. The second-order valence-electron chi connectivity index (χ2n) is 6.14. The fourth-order valence-corrected chi connectivity index (χ4v) is 3.32. The maximum Gasteiger partial charge on any atom is 0.0543 e. The molecule has 0 radical (unpaired) electrons. The Balaban J connectivity index is 2.69. The van der Waals surface area contributed by atoms with Crippen LogP contribution in [0.15, 0.2) is 0 Å². The van der Waals surface area contributed by atoms with Crippen LogP contribution in [0.3, 0.4) is 0 Å². The molecule has 1 saturated carbocycles. The first kappa shape index (κ1) is 15.0. The van der Waals surface area contributed by atoms with Crippen LogP contribution in [0, 0.1) is 17.3 Å². The molecule has 1 aliphatic carbocycles. The van der Waals surface area contributed by atoms with E-state index in [2.05, 4.69) is 13.8 Å². The first-order valence-corrected chi connectivity index (χ1v) is 7.12. The molecule has 0 saturated heterocycles. The summed E-state index contributed by atoms with van der Waals surface area (Å²) in [4.78, 5) is 0. The van der Waals surface area contributed by atoms with Crippen LogP contribution in [-0.4, -0.2) is 27.4 Å². The quantitative estimate of drug-likeness (QED) is 0.643. The van der Waals surface area contributed by atoms with Gasteiger partial charge in [-0.1, -0.05) is 33.1 Å². The van der Waals surface area contributed by atoms with E-state index in [0.717, 1.165) is 25.0 Å². The predicted molar refractivity (Wildman–Crippen MR) is 72.2 cm³/mol. The Hall–Kier alpha value is -0.0800. The SMILES string of the molecule is COCC(CCC(C)C)(COC)C1CCCC1. The van der Waals surface area contributed by atoms with Gasteiger partial charge in [-0.3, -0.25) is 0 Å². The van der Waals surface area contributed by atoms with E-state index in [4.69, 9.17) is 9.47 Å². The van der Waals surface area contributed by atoms with Crippen molar-refractivity contribution in [3.63, 3.8) is 0 Å². The number of hydrogen-bond acceptors (Lipinski definition) is 2. The standard InChI is InChI=1S/C15H30O2/c1-13(2)9-10-15(11-16-3,12-17-4)14-7-5-6-8-14/h13-14H,5-12H2,1-4H3. The topological polar surface area (TPSA) is 18.5 Å². The Labute approximate surface area is 107 Å². The maximum absolute atomic E-state index is 5.52. The summed E-state index contributed by atoms with van der Waals surface area (Å²) < 4.78 is 11.0. The van der Waals surface area contributed by atoms with E-state index in [1.54, 1.807) is 0 Å². The lowest BCUT2D eigenvalue weighted by Gasteiger charge is -2.39. The summed E-state index contributed by atoms with van der Waals surface area (Å²) in [5.74, 6) is 1.57. The molecule has 1 fully saturated rings. The minimum atomic E-state index is 0.268. The van der Waals surface area contributed by atoms with Crippen LogP contribution in [0.4, 0.5) is 0 Å². The van der Waals surface area contributed by atoms with Crippen LogP contribution in [0.1, 0.15) is 52.4 Å². The van der Waals surface area contributed by atoms with Crippen molar-refractivity contribution in [1.82, 2.24) is 0 Å². The molecule has 17 heavy (non-hydrogen) atoms. The lowest BCUT2D eigenvalue weighted by Crippen LogP contribution is -2.38.